The first-order chi connectivity index (χ1) is 10.2. The Morgan fingerprint density at radius 1 is 1.29 bits per heavy atom. The van der Waals surface area contributed by atoms with Crippen molar-refractivity contribution in [1.29, 1.82) is 0 Å². The summed E-state index contributed by atoms with van der Waals surface area (Å²) in [6.07, 6.45) is 7.05. The SMILES string of the molecule is CCCCCCCCOCC(O)CNCc1cc(C)no1. The van der Waals surface area contributed by atoms with Crippen LogP contribution in [0.1, 0.15) is 56.9 Å². The van der Waals surface area contributed by atoms with E-state index in [1.165, 1.54) is 32.1 Å². The summed E-state index contributed by atoms with van der Waals surface area (Å²) in [4.78, 5) is 0. The van der Waals surface area contributed by atoms with Gasteiger partial charge in [-0.2, -0.15) is 0 Å². The highest BCUT2D eigenvalue weighted by Crippen LogP contribution is 2.05. The zero-order valence-corrected chi connectivity index (χ0v) is 13.4. The van der Waals surface area contributed by atoms with Gasteiger partial charge in [-0.1, -0.05) is 44.2 Å². The molecule has 1 unspecified atom stereocenters. The number of ether oxygens (including phenoxy) is 1. The Morgan fingerprint density at radius 2 is 2.05 bits per heavy atom. The third-order valence-corrected chi connectivity index (χ3v) is 3.31. The van der Waals surface area contributed by atoms with Crippen molar-refractivity contribution >= 4 is 0 Å². The molecule has 122 valence electrons. The molecule has 0 aromatic carbocycles. The minimum atomic E-state index is -0.478. The molecule has 0 aliphatic heterocycles. The van der Waals surface area contributed by atoms with Crippen LogP contribution in [0.3, 0.4) is 0 Å². The molecule has 0 aliphatic rings. The molecule has 1 atom stereocenters. The molecule has 0 radical (unpaired) electrons. The molecule has 0 saturated heterocycles. The average Bonchev–Trinajstić information content (AvgIpc) is 2.87. The van der Waals surface area contributed by atoms with Gasteiger partial charge in [-0.15, -0.1) is 0 Å². The van der Waals surface area contributed by atoms with E-state index in [0.29, 0.717) is 19.7 Å². The van der Waals surface area contributed by atoms with E-state index < -0.39 is 6.10 Å². The van der Waals surface area contributed by atoms with Gasteiger partial charge >= 0.3 is 0 Å². The maximum Gasteiger partial charge on any atom is 0.150 e. The molecule has 0 bridgehead atoms. The molecule has 0 fully saturated rings. The lowest BCUT2D eigenvalue weighted by molar-refractivity contribution is 0.0350. The van der Waals surface area contributed by atoms with Gasteiger partial charge in [0, 0.05) is 19.2 Å². The van der Waals surface area contributed by atoms with Crippen LogP contribution in [0.25, 0.3) is 0 Å². The van der Waals surface area contributed by atoms with Crippen molar-refractivity contribution in [3.63, 3.8) is 0 Å². The highest BCUT2D eigenvalue weighted by atomic mass is 16.5. The minimum Gasteiger partial charge on any atom is -0.389 e. The Labute approximate surface area is 128 Å². The van der Waals surface area contributed by atoms with Gasteiger partial charge in [0.2, 0.25) is 0 Å². The lowest BCUT2D eigenvalue weighted by Crippen LogP contribution is -2.30. The number of aliphatic hydroxyl groups excluding tert-OH is 1. The average molecular weight is 298 g/mol. The van der Waals surface area contributed by atoms with Crippen LogP contribution < -0.4 is 5.32 Å². The molecular formula is C16H30N2O3. The molecule has 1 rings (SSSR count). The number of nitrogens with one attached hydrogen (secondary N) is 1. The van der Waals surface area contributed by atoms with Crippen LogP contribution in [0.4, 0.5) is 0 Å². The number of aryl methyl sites for hydroxylation is 1. The van der Waals surface area contributed by atoms with Crippen molar-refractivity contribution < 1.29 is 14.4 Å². The number of rotatable bonds is 13. The summed E-state index contributed by atoms with van der Waals surface area (Å²) in [7, 11) is 0. The van der Waals surface area contributed by atoms with Crippen molar-refractivity contribution in [2.75, 3.05) is 19.8 Å². The summed E-state index contributed by atoms with van der Waals surface area (Å²) < 4.78 is 10.6. The number of aliphatic hydroxyl groups is 1. The van der Waals surface area contributed by atoms with Gasteiger partial charge < -0.3 is 19.7 Å². The van der Waals surface area contributed by atoms with Crippen molar-refractivity contribution in [2.24, 2.45) is 0 Å². The van der Waals surface area contributed by atoms with Gasteiger partial charge in [0.15, 0.2) is 5.76 Å². The predicted molar refractivity (Wildman–Crippen MR) is 83.1 cm³/mol. The first kappa shape index (κ1) is 18.1. The first-order valence-corrected chi connectivity index (χ1v) is 8.11. The third-order valence-electron chi connectivity index (χ3n) is 3.31. The van der Waals surface area contributed by atoms with Crippen LogP contribution >= 0.6 is 0 Å². The number of unbranched alkanes of at least 4 members (excludes halogenated alkanes) is 5. The van der Waals surface area contributed by atoms with Crippen molar-refractivity contribution in [3.8, 4) is 0 Å². The Bertz CT molecular complexity index is 355. The summed E-state index contributed by atoms with van der Waals surface area (Å²) in [5.41, 5.74) is 0.870. The van der Waals surface area contributed by atoms with Gasteiger partial charge in [0.25, 0.3) is 0 Å². The molecule has 5 heteroatoms. The van der Waals surface area contributed by atoms with Crippen molar-refractivity contribution in [1.82, 2.24) is 10.5 Å². The van der Waals surface area contributed by atoms with Crippen LogP contribution in [0.5, 0.6) is 0 Å². The Balaban J connectivity index is 1.88. The highest BCUT2D eigenvalue weighted by molar-refractivity contribution is 5.02. The molecule has 21 heavy (non-hydrogen) atoms. The number of hydrogen-bond acceptors (Lipinski definition) is 5. The van der Waals surface area contributed by atoms with Crippen LogP contribution in [0.2, 0.25) is 0 Å². The largest absolute Gasteiger partial charge is 0.389 e. The van der Waals surface area contributed by atoms with E-state index >= 15 is 0 Å². The summed E-state index contributed by atoms with van der Waals surface area (Å²) in [5, 5.41) is 16.7. The normalized spacial score (nSPS) is 12.7. The summed E-state index contributed by atoms with van der Waals surface area (Å²) in [6.45, 7) is 6.31. The van der Waals surface area contributed by atoms with E-state index in [-0.39, 0.29) is 0 Å². The maximum absolute atomic E-state index is 9.77. The fourth-order valence-corrected chi connectivity index (χ4v) is 2.12. The summed E-state index contributed by atoms with van der Waals surface area (Å²) in [5.74, 6) is 0.785. The zero-order chi connectivity index (χ0) is 15.3. The van der Waals surface area contributed by atoms with E-state index in [9.17, 15) is 5.11 Å². The van der Waals surface area contributed by atoms with Crippen molar-refractivity contribution in [2.45, 2.75) is 65.0 Å². The minimum absolute atomic E-state index is 0.386. The van der Waals surface area contributed by atoms with Crippen LogP contribution in [-0.2, 0) is 11.3 Å². The Kier molecular flexibility index (Phi) is 10.1. The molecule has 1 heterocycles. The predicted octanol–water partition coefficient (Wildman–Crippen LogP) is 2.81. The second-order valence-electron chi connectivity index (χ2n) is 5.56. The molecule has 0 amide bonds. The van der Waals surface area contributed by atoms with E-state index in [1.54, 1.807) is 0 Å². The topological polar surface area (TPSA) is 67.5 Å². The van der Waals surface area contributed by atoms with Gasteiger partial charge in [0.1, 0.15) is 0 Å². The monoisotopic (exact) mass is 298 g/mol. The van der Waals surface area contributed by atoms with E-state index in [1.807, 2.05) is 13.0 Å². The number of nitrogens with zero attached hydrogens (tertiary/aromatic N) is 1. The Hall–Kier alpha value is -0.910. The highest BCUT2D eigenvalue weighted by Gasteiger charge is 2.05. The second kappa shape index (κ2) is 11.7. The van der Waals surface area contributed by atoms with E-state index in [2.05, 4.69) is 17.4 Å². The fourth-order valence-electron chi connectivity index (χ4n) is 2.12. The van der Waals surface area contributed by atoms with Gasteiger partial charge in [-0.05, 0) is 13.3 Å². The lowest BCUT2D eigenvalue weighted by atomic mass is 10.1. The van der Waals surface area contributed by atoms with Crippen LogP contribution in [-0.4, -0.2) is 36.1 Å². The maximum atomic E-state index is 9.77. The quantitative estimate of drug-likeness (QED) is 0.548. The van der Waals surface area contributed by atoms with E-state index in [4.69, 9.17) is 9.26 Å². The number of hydrogen-bond donors (Lipinski definition) is 2. The van der Waals surface area contributed by atoms with Gasteiger partial charge in [0.05, 0.1) is 24.9 Å². The van der Waals surface area contributed by atoms with Crippen molar-refractivity contribution in [3.05, 3.63) is 17.5 Å². The third kappa shape index (κ3) is 9.61. The van der Waals surface area contributed by atoms with Gasteiger partial charge in [-0.25, -0.2) is 0 Å². The molecule has 0 spiro atoms. The molecular weight excluding hydrogens is 268 g/mol. The standard InChI is InChI=1S/C16H30N2O3/c1-3-4-5-6-7-8-9-20-13-15(19)11-17-12-16-10-14(2)18-21-16/h10,15,17,19H,3-9,11-13H2,1-2H3. The molecule has 0 aliphatic carbocycles. The summed E-state index contributed by atoms with van der Waals surface area (Å²) in [6, 6.07) is 1.88. The second-order valence-corrected chi connectivity index (χ2v) is 5.56. The summed E-state index contributed by atoms with van der Waals surface area (Å²) >= 11 is 0. The molecule has 1 aromatic rings. The smallest absolute Gasteiger partial charge is 0.150 e. The molecule has 5 nitrogen and oxygen atoms in total. The molecule has 2 N–H and O–H groups in total. The Morgan fingerprint density at radius 3 is 2.76 bits per heavy atom. The van der Waals surface area contributed by atoms with E-state index in [0.717, 1.165) is 24.5 Å². The fraction of sp³-hybridized carbons (Fsp3) is 0.812. The number of aromatic nitrogens is 1. The van der Waals surface area contributed by atoms with Crippen LogP contribution in [0, 0.1) is 6.92 Å². The molecule has 1 aromatic heterocycles. The van der Waals surface area contributed by atoms with Crippen LogP contribution in [0.15, 0.2) is 10.6 Å². The lowest BCUT2D eigenvalue weighted by Gasteiger charge is -2.11. The van der Waals surface area contributed by atoms with Gasteiger partial charge in [-0.3, -0.25) is 0 Å². The first-order valence-electron chi connectivity index (χ1n) is 8.11. The zero-order valence-electron chi connectivity index (χ0n) is 13.4. The molecule has 0 saturated carbocycles.